The van der Waals surface area contributed by atoms with Crippen LogP contribution in [-0.4, -0.2) is 34.1 Å². The Morgan fingerprint density at radius 3 is 2.44 bits per heavy atom. The van der Waals surface area contributed by atoms with E-state index in [9.17, 15) is 9.18 Å². The quantitative estimate of drug-likeness (QED) is 0.392. The largest absolute Gasteiger partial charge is 0.302 e. The second-order valence-electron chi connectivity index (χ2n) is 8.45. The van der Waals surface area contributed by atoms with Gasteiger partial charge in [0.25, 0.3) is 5.56 Å². The van der Waals surface area contributed by atoms with E-state index in [0.717, 1.165) is 51.4 Å². The summed E-state index contributed by atoms with van der Waals surface area (Å²) in [7, 11) is 0. The molecule has 6 heteroatoms. The minimum Gasteiger partial charge on any atom is -0.302 e. The fourth-order valence-corrected chi connectivity index (χ4v) is 5.36. The lowest BCUT2D eigenvalue weighted by Gasteiger charge is -2.27. The SMILES string of the molecule is Cc1cc2nc(-c3ccc(-c4cccc(F)c4)cc3)n(CCN3CCCCC3)c(=O)c2s1. The number of benzene rings is 2. The molecule has 2 aromatic heterocycles. The Hall–Kier alpha value is -2.83. The number of likely N-dealkylation sites (tertiary alicyclic amines) is 1. The number of halogens is 1. The van der Waals surface area contributed by atoms with Crippen molar-refractivity contribution < 1.29 is 4.39 Å². The molecule has 0 saturated carbocycles. The van der Waals surface area contributed by atoms with Crippen LogP contribution in [0.4, 0.5) is 4.39 Å². The van der Waals surface area contributed by atoms with Gasteiger partial charge in [-0.25, -0.2) is 9.37 Å². The fourth-order valence-electron chi connectivity index (χ4n) is 4.46. The number of fused-ring (bicyclic) bond motifs is 1. The molecule has 3 heterocycles. The first-order chi connectivity index (χ1) is 15.6. The van der Waals surface area contributed by atoms with Crippen LogP contribution in [-0.2, 0) is 6.54 Å². The maximum absolute atomic E-state index is 13.6. The number of thiophene rings is 1. The summed E-state index contributed by atoms with van der Waals surface area (Å²) in [6.07, 6.45) is 3.75. The average Bonchev–Trinajstić information content (AvgIpc) is 3.20. The molecule has 4 nitrogen and oxygen atoms in total. The summed E-state index contributed by atoms with van der Waals surface area (Å²) in [5, 5.41) is 0. The highest BCUT2D eigenvalue weighted by Gasteiger charge is 2.17. The Morgan fingerprint density at radius 2 is 1.69 bits per heavy atom. The van der Waals surface area contributed by atoms with Crippen LogP contribution in [0.2, 0.25) is 0 Å². The molecular weight excluding hydrogens is 421 g/mol. The number of hydrogen-bond acceptors (Lipinski definition) is 4. The summed E-state index contributed by atoms with van der Waals surface area (Å²) < 4.78 is 16.2. The lowest BCUT2D eigenvalue weighted by molar-refractivity contribution is 0.220. The van der Waals surface area contributed by atoms with Gasteiger partial charge >= 0.3 is 0 Å². The van der Waals surface area contributed by atoms with E-state index in [2.05, 4.69) is 4.90 Å². The van der Waals surface area contributed by atoms with Crippen molar-refractivity contribution in [3.63, 3.8) is 0 Å². The van der Waals surface area contributed by atoms with Crippen molar-refractivity contribution in [3.05, 3.63) is 75.6 Å². The van der Waals surface area contributed by atoms with Crippen LogP contribution in [0.25, 0.3) is 32.7 Å². The normalized spacial score (nSPS) is 14.8. The molecule has 164 valence electrons. The van der Waals surface area contributed by atoms with Gasteiger partial charge in [-0.15, -0.1) is 11.3 Å². The molecule has 0 atom stereocenters. The molecule has 0 radical (unpaired) electrons. The van der Waals surface area contributed by atoms with Gasteiger partial charge in [-0.3, -0.25) is 9.36 Å². The Kier molecular flexibility index (Phi) is 5.89. The molecule has 2 aromatic carbocycles. The first kappa shape index (κ1) is 21.0. The van der Waals surface area contributed by atoms with Gasteiger partial charge < -0.3 is 4.90 Å². The summed E-state index contributed by atoms with van der Waals surface area (Å²) in [4.78, 5) is 21.8. The molecule has 32 heavy (non-hydrogen) atoms. The van der Waals surface area contributed by atoms with Gasteiger partial charge in [-0.2, -0.15) is 0 Å². The Bertz CT molecular complexity index is 1300. The zero-order valence-corrected chi connectivity index (χ0v) is 19.0. The zero-order valence-electron chi connectivity index (χ0n) is 18.2. The molecule has 0 bridgehead atoms. The van der Waals surface area contributed by atoms with Gasteiger partial charge in [0, 0.05) is 23.5 Å². The standard InChI is InChI=1S/C26H26FN3OS/c1-18-16-23-24(32-18)26(31)30(15-14-29-12-3-2-4-13-29)25(28-23)20-10-8-19(9-11-20)21-6-5-7-22(27)17-21/h5-11,16-17H,2-4,12-15H2,1H3. The average molecular weight is 448 g/mol. The maximum atomic E-state index is 13.6. The van der Waals surface area contributed by atoms with Crippen molar-refractivity contribution in [1.82, 2.24) is 14.5 Å². The highest BCUT2D eigenvalue weighted by molar-refractivity contribution is 7.18. The lowest BCUT2D eigenvalue weighted by Crippen LogP contribution is -2.35. The third kappa shape index (κ3) is 4.25. The topological polar surface area (TPSA) is 38.1 Å². The molecule has 0 aliphatic carbocycles. The zero-order chi connectivity index (χ0) is 22.1. The van der Waals surface area contributed by atoms with E-state index in [1.165, 1.54) is 42.7 Å². The summed E-state index contributed by atoms with van der Waals surface area (Å²) in [6, 6.07) is 16.5. The molecule has 0 N–H and O–H groups in total. The molecule has 0 spiro atoms. The number of hydrogen-bond donors (Lipinski definition) is 0. The van der Waals surface area contributed by atoms with E-state index in [4.69, 9.17) is 4.98 Å². The van der Waals surface area contributed by atoms with Gasteiger partial charge in [0.1, 0.15) is 16.3 Å². The summed E-state index contributed by atoms with van der Waals surface area (Å²) in [5.41, 5.74) is 3.45. The molecule has 1 aliphatic heterocycles. The number of aryl methyl sites for hydroxylation is 1. The second kappa shape index (κ2) is 8.96. The first-order valence-electron chi connectivity index (χ1n) is 11.2. The van der Waals surface area contributed by atoms with Crippen LogP contribution in [0.3, 0.4) is 0 Å². The molecule has 1 aliphatic rings. The highest BCUT2D eigenvalue weighted by Crippen LogP contribution is 2.27. The van der Waals surface area contributed by atoms with Crippen LogP contribution in [0.5, 0.6) is 0 Å². The predicted molar refractivity (Wildman–Crippen MR) is 130 cm³/mol. The van der Waals surface area contributed by atoms with Crippen LogP contribution in [0.15, 0.2) is 59.4 Å². The van der Waals surface area contributed by atoms with Crippen LogP contribution in [0, 0.1) is 12.7 Å². The predicted octanol–water partition coefficient (Wildman–Crippen LogP) is 5.73. The minimum atomic E-state index is -0.252. The maximum Gasteiger partial charge on any atom is 0.271 e. The van der Waals surface area contributed by atoms with Crippen molar-refractivity contribution in [2.45, 2.75) is 32.7 Å². The van der Waals surface area contributed by atoms with E-state index < -0.39 is 0 Å². The molecule has 1 fully saturated rings. The smallest absolute Gasteiger partial charge is 0.271 e. The molecule has 0 unspecified atom stereocenters. The first-order valence-corrected chi connectivity index (χ1v) is 12.0. The molecular formula is C26H26FN3OS. The van der Waals surface area contributed by atoms with Crippen LogP contribution >= 0.6 is 11.3 Å². The summed E-state index contributed by atoms with van der Waals surface area (Å²) in [5.74, 6) is 0.446. The van der Waals surface area contributed by atoms with Crippen LogP contribution < -0.4 is 5.56 Å². The third-order valence-corrected chi connectivity index (χ3v) is 7.17. The monoisotopic (exact) mass is 447 g/mol. The Labute approximate surface area is 191 Å². The van der Waals surface area contributed by atoms with Crippen molar-refractivity contribution in [3.8, 4) is 22.5 Å². The van der Waals surface area contributed by atoms with E-state index >= 15 is 0 Å². The molecule has 1 saturated heterocycles. The van der Waals surface area contributed by atoms with Crippen molar-refractivity contribution in [2.75, 3.05) is 19.6 Å². The Morgan fingerprint density at radius 1 is 0.938 bits per heavy atom. The van der Waals surface area contributed by atoms with Gasteiger partial charge in [-0.1, -0.05) is 42.8 Å². The number of piperidine rings is 1. The van der Waals surface area contributed by atoms with Crippen molar-refractivity contribution in [2.24, 2.45) is 0 Å². The van der Waals surface area contributed by atoms with Gasteiger partial charge in [0.2, 0.25) is 0 Å². The van der Waals surface area contributed by atoms with Gasteiger partial charge in [0.15, 0.2) is 0 Å². The number of nitrogens with zero attached hydrogens (tertiary/aromatic N) is 3. The van der Waals surface area contributed by atoms with E-state index in [1.807, 2.05) is 47.9 Å². The molecule has 4 aromatic rings. The molecule has 0 amide bonds. The number of aromatic nitrogens is 2. The molecule has 5 rings (SSSR count). The van der Waals surface area contributed by atoms with Gasteiger partial charge in [-0.05, 0) is 62.2 Å². The summed E-state index contributed by atoms with van der Waals surface area (Å²) >= 11 is 1.51. The minimum absolute atomic E-state index is 0.0364. The number of rotatable bonds is 5. The highest BCUT2D eigenvalue weighted by atomic mass is 32.1. The fraction of sp³-hybridized carbons (Fsp3) is 0.308. The van der Waals surface area contributed by atoms with Crippen LogP contribution in [0.1, 0.15) is 24.1 Å². The lowest BCUT2D eigenvalue weighted by atomic mass is 10.0. The second-order valence-corrected chi connectivity index (χ2v) is 9.71. The Balaban J connectivity index is 1.53. The summed E-state index contributed by atoms with van der Waals surface area (Å²) in [6.45, 7) is 5.68. The van der Waals surface area contributed by atoms with Crippen molar-refractivity contribution in [1.29, 1.82) is 0 Å². The van der Waals surface area contributed by atoms with E-state index in [0.29, 0.717) is 12.4 Å². The van der Waals surface area contributed by atoms with Crippen molar-refractivity contribution >= 4 is 21.6 Å². The third-order valence-electron chi connectivity index (χ3n) is 6.15. The van der Waals surface area contributed by atoms with E-state index in [-0.39, 0.29) is 11.4 Å². The van der Waals surface area contributed by atoms with Gasteiger partial charge in [0.05, 0.1) is 5.52 Å². The van der Waals surface area contributed by atoms with E-state index in [1.54, 1.807) is 6.07 Å².